The van der Waals surface area contributed by atoms with E-state index in [1.54, 1.807) is 4.90 Å². The van der Waals surface area contributed by atoms with Gasteiger partial charge in [-0.25, -0.2) is 4.39 Å². The summed E-state index contributed by atoms with van der Waals surface area (Å²) < 4.78 is 15.4. The second kappa shape index (κ2) is 10.3. The van der Waals surface area contributed by atoms with Gasteiger partial charge in [0.1, 0.15) is 5.82 Å². The third-order valence-electron chi connectivity index (χ3n) is 6.26. The monoisotopic (exact) mass is 448 g/mol. The number of aromatic nitrogens is 2. The summed E-state index contributed by atoms with van der Waals surface area (Å²) >= 11 is 0. The summed E-state index contributed by atoms with van der Waals surface area (Å²) in [5.41, 5.74) is 4.95. The Kier molecular flexibility index (Phi) is 7.23. The van der Waals surface area contributed by atoms with Crippen molar-refractivity contribution in [1.82, 2.24) is 19.6 Å². The normalized spacial score (nSPS) is 13.8. The fourth-order valence-electron chi connectivity index (χ4n) is 4.38. The third-order valence-corrected chi connectivity index (χ3v) is 6.26. The fraction of sp³-hybridized carbons (Fsp3) is 0.407. The standard InChI is InChI=1S/C27H33FN4O/c1-20(2)13-16-32-25-14-15-31(18-22-9-11-23(28)12-10-22)19-24(25)26(29-32)27(33)30(3)17-21-7-5-4-6-8-21/h4-12,20H,13-19H2,1-3H3. The molecule has 3 aromatic rings. The van der Waals surface area contributed by atoms with Crippen molar-refractivity contribution in [1.29, 1.82) is 0 Å². The Morgan fingerprint density at radius 3 is 2.52 bits per heavy atom. The van der Waals surface area contributed by atoms with Crippen LogP contribution in [0.4, 0.5) is 4.39 Å². The van der Waals surface area contributed by atoms with E-state index in [0.717, 1.165) is 49.2 Å². The number of fused-ring (bicyclic) bond motifs is 1. The summed E-state index contributed by atoms with van der Waals surface area (Å²) in [6.45, 7) is 8.09. The predicted molar refractivity (Wildman–Crippen MR) is 128 cm³/mol. The smallest absolute Gasteiger partial charge is 0.274 e. The molecule has 0 unspecified atom stereocenters. The van der Waals surface area contributed by atoms with Crippen LogP contribution < -0.4 is 0 Å². The van der Waals surface area contributed by atoms with Crippen LogP contribution in [-0.4, -0.2) is 39.1 Å². The van der Waals surface area contributed by atoms with Crippen molar-refractivity contribution in [3.63, 3.8) is 0 Å². The highest BCUT2D eigenvalue weighted by Gasteiger charge is 2.29. The van der Waals surface area contributed by atoms with Crippen LogP contribution in [0.15, 0.2) is 54.6 Å². The number of rotatable bonds is 8. The molecule has 0 spiro atoms. The summed E-state index contributed by atoms with van der Waals surface area (Å²) in [6, 6.07) is 16.7. The van der Waals surface area contributed by atoms with Gasteiger partial charge in [0.2, 0.25) is 0 Å². The lowest BCUT2D eigenvalue weighted by atomic mass is 10.0. The second-order valence-electron chi connectivity index (χ2n) is 9.41. The molecule has 33 heavy (non-hydrogen) atoms. The maximum atomic E-state index is 13.5. The van der Waals surface area contributed by atoms with Gasteiger partial charge in [-0.3, -0.25) is 14.4 Å². The Balaban J connectivity index is 1.57. The van der Waals surface area contributed by atoms with E-state index in [2.05, 4.69) is 23.4 Å². The predicted octanol–water partition coefficient (Wildman–Crippen LogP) is 4.90. The zero-order chi connectivity index (χ0) is 23.4. The Labute approximate surface area is 195 Å². The van der Waals surface area contributed by atoms with Crippen molar-refractivity contribution in [2.75, 3.05) is 13.6 Å². The van der Waals surface area contributed by atoms with Crippen LogP contribution in [0.5, 0.6) is 0 Å². The third kappa shape index (κ3) is 5.69. The zero-order valence-electron chi connectivity index (χ0n) is 19.8. The van der Waals surface area contributed by atoms with E-state index >= 15 is 0 Å². The van der Waals surface area contributed by atoms with E-state index in [1.165, 1.54) is 17.8 Å². The van der Waals surface area contributed by atoms with Crippen LogP contribution >= 0.6 is 0 Å². The van der Waals surface area contributed by atoms with Gasteiger partial charge in [0, 0.05) is 57.4 Å². The van der Waals surface area contributed by atoms with E-state index in [0.29, 0.717) is 24.7 Å². The van der Waals surface area contributed by atoms with E-state index in [-0.39, 0.29) is 11.7 Å². The van der Waals surface area contributed by atoms with Gasteiger partial charge in [0.15, 0.2) is 5.69 Å². The van der Waals surface area contributed by atoms with Crippen molar-refractivity contribution >= 4 is 5.91 Å². The summed E-state index contributed by atoms with van der Waals surface area (Å²) in [7, 11) is 1.84. The van der Waals surface area contributed by atoms with Crippen molar-refractivity contribution in [3.8, 4) is 0 Å². The number of hydrogen-bond acceptors (Lipinski definition) is 3. The quantitative estimate of drug-likeness (QED) is 0.492. The number of aryl methyl sites for hydroxylation is 1. The molecule has 2 aromatic carbocycles. The number of nitrogens with zero attached hydrogens (tertiary/aromatic N) is 4. The molecular formula is C27H33FN4O. The minimum atomic E-state index is -0.222. The summed E-state index contributed by atoms with van der Waals surface area (Å²) in [5.74, 6) is 0.311. The lowest BCUT2D eigenvalue weighted by Crippen LogP contribution is -2.33. The van der Waals surface area contributed by atoms with Crippen molar-refractivity contribution < 1.29 is 9.18 Å². The van der Waals surface area contributed by atoms with Crippen LogP contribution in [0.25, 0.3) is 0 Å². The molecule has 1 amide bonds. The lowest BCUT2D eigenvalue weighted by Gasteiger charge is -2.28. The molecule has 174 valence electrons. The summed E-state index contributed by atoms with van der Waals surface area (Å²) in [6.07, 6.45) is 1.89. The van der Waals surface area contributed by atoms with Crippen LogP contribution in [0.3, 0.4) is 0 Å². The maximum Gasteiger partial charge on any atom is 0.274 e. The largest absolute Gasteiger partial charge is 0.336 e. The molecule has 2 heterocycles. The van der Waals surface area contributed by atoms with Gasteiger partial charge in [-0.2, -0.15) is 5.10 Å². The van der Waals surface area contributed by atoms with Crippen molar-refractivity contribution in [2.24, 2.45) is 5.92 Å². The first-order valence-corrected chi connectivity index (χ1v) is 11.8. The Hall–Kier alpha value is -2.99. The molecule has 1 aliphatic rings. The molecule has 4 rings (SSSR count). The molecule has 1 aliphatic heterocycles. The molecule has 5 nitrogen and oxygen atoms in total. The van der Waals surface area contributed by atoms with E-state index in [4.69, 9.17) is 5.10 Å². The molecule has 0 saturated carbocycles. The molecule has 0 atom stereocenters. The Bertz CT molecular complexity index is 1080. The maximum absolute atomic E-state index is 13.5. The highest BCUT2D eigenvalue weighted by atomic mass is 19.1. The van der Waals surface area contributed by atoms with Crippen LogP contribution in [0.2, 0.25) is 0 Å². The average Bonchev–Trinajstić information content (AvgIpc) is 3.17. The second-order valence-corrected chi connectivity index (χ2v) is 9.41. The number of benzene rings is 2. The number of carbonyl (C=O) groups is 1. The first kappa shape index (κ1) is 23.2. The van der Waals surface area contributed by atoms with Gasteiger partial charge in [-0.15, -0.1) is 0 Å². The van der Waals surface area contributed by atoms with Crippen LogP contribution in [0.1, 0.15) is 53.1 Å². The van der Waals surface area contributed by atoms with E-state index < -0.39 is 0 Å². The lowest BCUT2D eigenvalue weighted by molar-refractivity contribution is 0.0775. The molecule has 0 N–H and O–H groups in total. The van der Waals surface area contributed by atoms with Gasteiger partial charge in [0.25, 0.3) is 5.91 Å². The average molecular weight is 449 g/mol. The molecule has 0 saturated heterocycles. The van der Waals surface area contributed by atoms with Crippen LogP contribution in [-0.2, 0) is 32.6 Å². The number of hydrogen-bond donors (Lipinski definition) is 0. The van der Waals surface area contributed by atoms with Gasteiger partial charge >= 0.3 is 0 Å². The Morgan fingerprint density at radius 2 is 1.82 bits per heavy atom. The number of halogens is 1. The summed E-state index contributed by atoms with van der Waals surface area (Å²) in [4.78, 5) is 17.5. The highest BCUT2D eigenvalue weighted by molar-refractivity contribution is 5.94. The van der Waals surface area contributed by atoms with Crippen molar-refractivity contribution in [3.05, 3.63) is 88.5 Å². The topological polar surface area (TPSA) is 41.4 Å². The molecule has 0 bridgehead atoms. The number of amides is 1. The molecule has 1 aromatic heterocycles. The number of carbonyl (C=O) groups excluding carboxylic acids is 1. The Morgan fingerprint density at radius 1 is 1.09 bits per heavy atom. The van der Waals surface area contributed by atoms with Gasteiger partial charge in [0.05, 0.1) is 0 Å². The minimum Gasteiger partial charge on any atom is -0.336 e. The zero-order valence-corrected chi connectivity index (χ0v) is 19.8. The van der Waals surface area contributed by atoms with Gasteiger partial charge in [-0.1, -0.05) is 56.3 Å². The molecule has 6 heteroatoms. The van der Waals surface area contributed by atoms with E-state index in [9.17, 15) is 9.18 Å². The minimum absolute atomic E-state index is 0.0398. The molecule has 0 aliphatic carbocycles. The summed E-state index contributed by atoms with van der Waals surface area (Å²) in [5, 5.41) is 4.83. The van der Waals surface area contributed by atoms with Gasteiger partial charge < -0.3 is 4.90 Å². The molecule has 0 radical (unpaired) electrons. The van der Waals surface area contributed by atoms with Crippen molar-refractivity contribution in [2.45, 2.75) is 52.9 Å². The molecular weight excluding hydrogens is 415 g/mol. The fourth-order valence-corrected chi connectivity index (χ4v) is 4.38. The first-order chi connectivity index (χ1) is 15.9. The van der Waals surface area contributed by atoms with E-state index in [1.807, 2.05) is 49.5 Å². The van der Waals surface area contributed by atoms with Gasteiger partial charge in [-0.05, 0) is 35.6 Å². The van der Waals surface area contributed by atoms with Crippen LogP contribution in [0, 0.1) is 11.7 Å². The molecule has 0 fully saturated rings. The first-order valence-electron chi connectivity index (χ1n) is 11.8. The SMILES string of the molecule is CC(C)CCn1nc(C(=O)N(C)Cc2ccccc2)c2c1CCN(Cc1ccc(F)cc1)C2. The highest BCUT2D eigenvalue weighted by Crippen LogP contribution is 2.26.